The van der Waals surface area contributed by atoms with Crippen LogP contribution >= 0.6 is 0 Å². The zero-order valence-electron chi connectivity index (χ0n) is 15.0. The molecule has 0 saturated carbocycles. The summed E-state index contributed by atoms with van der Waals surface area (Å²) in [7, 11) is 0. The molecule has 0 saturated heterocycles. The Bertz CT molecular complexity index is 985. The molecule has 1 heterocycles. The van der Waals surface area contributed by atoms with Gasteiger partial charge >= 0.3 is 0 Å². The Labute approximate surface area is 154 Å². The fourth-order valence-electron chi connectivity index (χ4n) is 3.20. The van der Waals surface area contributed by atoms with Crippen molar-refractivity contribution in [3.05, 3.63) is 84.9 Å². The minimum atomic E-state index is 0.268. The van der Waals surface area contributed by atoms with Crippen LogP contribution in [0.4, 0.5) is 0 Å². The first-order valence-electron chi connectivity index (χ1n) is 8.90. The highest BCUT2D eigenvalue weighted by Crippen LogP contribution is 2.29. The maximum Gasteiger partial charge on any atom is 0.164 e. The largest absolute Gasteiger partial charge is 0.304 e. The van der Waals surface area contributed by atoms with Crippen LogP contribution in [-0.2, 0) is 0 Å². The Morgan fingerprint density at radius 1 is 0.538 bits per heavy atom. The van der Waals surface area contributed by atoms with Gasteiger partial charge in [0.2, 0.25) is 0 Å². The van der Waals surface area contributed by atoms with Gasteiger partial charge in [0, 0.05) is 17.2 Å². The molecule has 0 aliphatic carbocycles. The minimum absolute atomic E-state index is 0.268. The average Bonchev–Trinajstić information content (AvgIpc) is 3.15. The summed E-state index contributed by atoms with van der Waals surface area (Å²) >= 11 is 0. The second-order valence-corrected chi connectivity index (χ2v) is 6.62. The van der Waals surface area contributed by atoms with Crippen molar-refractivity contribution < 1.29 is 0 Å². The van der Waals surface area contributed by atoms with E-state index in [-0.39, 0.29) is 6.04 Å². The van der Waals surface area contributed by atoms with Crippen molar-refractivity contribution in [1.29, 1.82) is 0 Å². The maximum absolute atomic E-state index is 4.50. The Balaban J connectivity index is 1.75. The first-order chi connectivity index (χ1) is 12.7. The monoisotopic (exact) mass is 339 g/mol. The van der Waals surface area contributed by atoms with Crippen LogP contribution < -0.4 is 0 Å². The lowest BCUT2D eigenvalue weighted by molar-refractivity contribution is 0.610. The van der Waals surface area contributed by atoms with E-state index in [1.807, 2.05) is 24.3 Å². The van der Waals surface area contributed by atoms with E-state index in [0.717, 1.165) is 22.8 Å². The van der Waals surface area contributed by atoms with E-state index >= 15 is 0 Å². The fraction of sp³-hybridized carbons (Fsp3) is 0.130. The molecule has 0 aliphatic rings. The zero-order valence-corrected chi connectivity index (χ0v) is 15.0. The van der Waals surface area contributed by atoms with Crippen LogP contribution in [0.25, 0.3) is 33.9 Å². The highest BCUT2D eigenvalue weighted by molar-refractivity contribution is 5.69. The predicted octanol–water partition coefficient (Wildman–Crippen LogP) is 5.86. The summed E-state index contributed by atoms with van der Waals surface area (Å²) in [6.07, 6.45) is 0. The Kier molecular flexibility index (Phi) is 4.36. The van der Waals surface area contributed by atoms with E-state index in [1.54, 1.807) is 0 Å². The van der Waals surface area contributed by atoms with Gasteiger partial charge in [0.25, 0.3) is 0 Å². The second kappa shape index (κ2) is 6.96. The van der Waals surface area contributed by atoms with Gasteiger partial charge in [-0.05, 0) is 25.0 Å². The topological polar surface area (TPSA) is 30.7 Å². The van der Waals surface area contributed by atoms with E-state index in [1.165, 1.54) is 11.1 Å². The van der Waals surface area contributed by atoms with Crippen molar-refractivity contribution in [2.45, 2.75) is 19.9 Å². The molecule has 4 rings (SSSR count). The van der Waals surface area contributed by atoms with Crippen molar-refractivity contribution in [2.75, 3.05) is 0 Å². The molecule has 0 fully saturated rings. The van der Waals surface area contributed by atoms with Crippen molar-refractivity contribution in [2.24, 2.45) is 0 Å². The van der Waals surface area contributed by atoms with Crippen LogP contribution in [0.3, 0.4) is 0 Å². The first-order valence-corrected chi connectivity index (χ1v) is 8.90. The van der Waals surface area contributed by atoms with E-state index in [9.17, 15) is 0 Å². The van der Waals surface area contributed by atoms with Gasteiger partial charge in [-0.2, -0.15) is 0 Å². The number of aromatic nitrogens is 3. The quantitative estimate of drug-likeness (QED) is 0.466. The lowest BCUT2D eigenvalue weighted by Crippen LogP contribution is -2.05. The predicted molar refractivity (Wildman–Crippen MR) is 107 cm³/mol. The van der Waals surface area contributed by atoms with Crippen molar-refractivity contribution in [3.8, 4) is 33.9 Å². The van der Waals surface area contributed by atoms with Gasteiger partial charge in [-0.3, -0.25) is 0 Å². The Morgan fingerprint density at radius 2 is 0.923 bits per heavy atom. The van der Waals surface area contributed by atoms with Crippen LogP contribution in [-0.4, -0.2) is 14.8 Å². The number of nitrogens with zero attached hydrogens (tertiary/aromatic N) is 3. The molecule has 3 aromatic carbocycles. The summed E-state index contributed by atoms with van der Waals surface area (Å²) in [5.74, 6) is 1.81. The number of rotatable bonds is 4. The molecule has 0 aliphatic heterocycles. The smallest absolute Gasteiger partial charge is 0.164 e. The standard InChI is InChI=1S/C23H21N3/c1-17(2)26-22(20-11-7-4-8-12-20)24-25-23(26)21-15-13-19(14-16-21)18-9-5-3-6-10-18/h3-17H,1-2H3. The molecule has 0 N–H and O–H groups in total. The normalized spacial score (nSPS) is 11.0. The van der Waals surface area contributed by atoms with Crippen LogP contribution in [0.1, 0.15) is 19.9 Å². The molecular weight excluding hydrogens is 318 g/mol. The molecule has 0 atom stereocenters. The van der Waals surface area contributed by atoms with Crippen molar-refractivity contribution >= 4 is 0 Å². The summed E-state index contributed by atoms with van der Waals surface area (Å²) in [5, 5.41) is 8.98. The summed E-state index contributed by atoms with van der Waals surface area (Å²) in [4.78, 5) is 0. The van der Waals surface area contributed by atoms with Crippen LogP contribution in [0.15, 0.2) is 84.9 Å². The third-order valence-corrected chi connectivity index (χ3v) is 4.49. The van der Waals surface area contributed by atoms with Gasteiger partial charge in [-0.15, -0.1) is 10.2 Å². The highest BCUT2D eigenvalue weighted by atomic mass is 15.3. The average molecular weight is 339 g/mol. The van der Waals surface area contributed by atoms with Gasteiger partial charge < -0.3 is 4.57 Å². The summed E-state index contributed by atoms with van der Waals surface area (Å²) < 4.78 is 2.20. The minimum Gasteiger partial charge on any atom is -0.304 e. The molecule has 3 nitrogen and oxygen atoms in total. The van der Waals surface area contributed by atoms with E-state index in [0.29, 0.717) is 0 Å². The highest BCUT2D eigenvalue weighted by Gasteiger charge is 2.17. The molecule has 0 bridgehead atoms. The van der Waals surface area contributed by atoms with Crippen LogP contribution in [0, 0.1) is 0 Å². The third-order valence-electron chi connectivity index (χ3n) is 4.49. The van der Waals surface area contributed by atoms with Crippen LogP contribution in [0.5, 0.6) is 0 Å². The van der Waals surface area contributed by atoms with E-state index in [4.69, 9.17) is 0 Å². The third kappa shape index (κ3) is 3.04. The molecule has 4 aromatic rings. The number of benzene rings is 3. The second-order valence-electron chi connectivity index (χ2n) is 6.62. The fourth-order valence-corrected chi connectivity index (χ4v) is 3.20. The number of hydrogen-bond acceptors (Lipinski definition) is 2. The van der Waals surface area contributed by atoms with Gasteiger partial charge in [0.1, 0.15) is 0 Å². The molecule has 0 spiro atoms. The Hall–Kier alpha value is -3.20. The van der Waals surface area contributed by atoms with Gasteiger partial charge in [-0.25, -0.2) is 0 Å². The molecular formula is C23H21N3. The summed E-state index contributed by atoms with van der Waals surface area (Å²) in [5.41, 5.74) is 4.58. The molecule has 1 aromatic heterocycles. The molecule has 3 heteroatoms. The Morgan fingerprint density at radius 3 is 1.42 bits per heavy atom. The lowest BCUT2D eigenvalue weighted by atomic mass is 10.0. The number of hydrogen-bond donors (Lipinski definition) is 0. The van der Waals surface area contributed by atoms with Crippen LogP contribution in [0.2, 0.25) is 0 Å². The molecule has 0 amide bonds. The van der Waals surface area contributed by atoms with E-state index in [2.05, 4.69) is 89.3 Å². The van der Waals surface area contributed by atoms with Gasteiger partial charge in [0.05, 0.1) is 0 Å². The molecule has 0 radical (unpaired) electrons. The lowest BCUT2D eigenvalue weighted by Gasteiger charge is -2.14. The van der Waals surface area contributed by atoms with Gasteiger partial charge in [-0.1, -0.05) is 84.9 Å². The molecule has 128 valence electrons. The maximum atomic E-state index is 4.50. The van der Waals surface area contributed by atoms with E-state index < -0.39 is 0 Å². The SMILES string of the molecule is CC(C)n1c(-c2ccccc2)nnc1-c1ccc(-c2ccccc2)cc1. The van der Waals surface area contributed by atoms with Crippen molar-refractivity contribution in [1.82, 2.24) is 14.8 Å². The zero-order chi connectivity index (χ0) is 17.9. The molecule has 0 unspecified atom stereocenters. The van der Waals surface area contributed by atoms with Crippen molar-refractivity contribution in [3.63, 3.8) is 0 Å². The van der Waals surface area contributed by atoms with Gasteiger partial charge in [0.15, 0.2) is 11.6 Å². The summed E-state index contributed by atoms with van der Waals surface area (Å²) in [6, 6.07) is 29.4. The summed E-state index contributed by atoms with van der Waals surface area (Å²) in [6.45, 7) is 4.33. The molecule has 26 heavy (non-hydrogen) atoms. The first kappa shape index (κ1) is 16.3.